The molecule has 0 radical (unpaired) electrons. The Bertz CT molecular complexity index is 4130. The first-order valence-corrected chi connectivity index (χ1v) is 27.6. The van der Waals surface area contributed by atoms with Crippen molar-refractivity contribution >= 4 is 156 Å². The zero-order chi connectivity index (χ0) is 49.9. The third-order valence-electron chi connectivity index (χ3n) is 16.1. The molecule has 8 heteroatoms. The van der Waals surface area contributed by atoms with Gasteiger partial charge in [-0.25, -0.2) is 0 Å². The number of thiophene rings is 2. The fourth-order valence-corrected chi connectivity index (χ4v) is 15.4. The Morgan fingerprint density at radius 3 is 1.18 bits per heavy atom. The second-order valence-corrected chi connectivity index (χ2v) is 24.2. The first kappa shape index (κ1) is 43.8. The highest BCUT2D eigenvalue weighted by Crippen LogP contribution is 2.52. The molecule has 74 heavy (non-hydrogen) atoms. The summed E-state index contributed by atoms with van der Waals surface area (Å²) < 4.78 is 5.39. The number of hydrogen-bond donors (Lipinski definition) is 0. The minimum absolute atomic E-state index is 0.0121. The molecule has 11 aromatic rings. The second kappa shape index (κ2) is 15.9. The Balaban J connectivity index is 1.08. The van der Waals surface area contributed by atoms with E-state index in [-0.39, 0.29) is 18.8 Å². The van der Waals surface area contributed by atoms with Crippen molar-refractivity contribution in [2.24, 2.45) is 0 Å². The van der Waals surface area contributed by atoms with E-state index in [0.717, 1.165) is 11.4 Å². The molecule has 4 aliphatic heterocycles. The van der Waals surface area contributed by atoms with Gasteiger partial charge in [0.25, 0.3) is 13.4 Å². The molecule has 6 heterocycles. The molecule has 0 unspecified atom stereocenters. The highest BCUT2D eigenvalue weighted by molar-refractivity contribution is 7.35. The third kappa shape index (κ3) is 6.28. The van der Waals surface area contributed by atoms with Crippen molar-refractivity contribution in [3.63, 3.8) is 0 Å². The van der Waals surface area contributed by atoms with Gasteiger partial charge in [-0.05, 0) is 163 Å². The van der Waals surface area contributed by atoms with Crippen LogP contribution in [-0.4, -0.2) is 13.4 Å². The van der Waals surface area contributed by atoms with Gasteiger partial charge >= 0.3 is 0 Å². The molecular weight excluding hydrogens is 935 g/mol. The molecular formula is C66H52B2N4S2. The molecule has 0 atom stereocenters. The SMILES string of the molecule is Cc1ccc(N2c3cc(C)cc4c3B(c3cc5c(cc3N4c3ccccc3)N(c3ccc(C(C)(C)C)cc3)c3cc(C)cc4c3B5c3sc5ccccc5c3N4c3ccc(C)cc3)c3sc4ccccc4c32)cc1. The molecule has 4 aliphatic rings. The van der Waals surface area contributed by atoms with Crippen LogP contribution in [0, 0.1) is 27.7 Å². The Morgan fingerprint density at radius 1 is 0.351 bits per heavy atom. The lowest BCUT2D eigenvalue weighted by Gasteiger charge is -2.46. The maximum Gasteiger partial charge on any atom is 0.264 e. The van der Waals surface area contributed by atoms with E-state index in [2.05, 4.69) is 256 Å². The summed E-state index contributed by atoms with van der Waals surface area (Å²) in [7, 11) is 0. The largest absolute Gasteiger partial charge is 0.311 e. The lowest BCUT2D eigenvalue weighted by molar-refractivity contribution is 0.590. The molecule has 0 saturated carbocycles. The van der Waals surface area contributed by atoms with E-state index in [1.807, 2.05) is 22.7 Å². The first-order chi connectivity index (χ1) is 36.0. The average Bonchev–Trinajstić information content (AvgIpc) is 4.01. The Hall–Kier alpha value is -7.77. The molecule has 2 aromatic heterocycles. The second-order valence-electron chi connectivity index (χ2n) is 22.0. The maximum absolute atomic E-state index is 2.68. The summed E-state index contributed by atoms with van der Waals surface area (Å²) in [5.41, 5.74) is 26.4. The quantitative estimate of drug-likeness (QED) is 0.163. The average molecular weight is 987 g/mol. The van der Waals surface area contributed by atoms with E-state index in [4.69, 9.17) is 0 Å². The van der Waals surface area contributed by atoms with Gasteiger partial charge in [0.15, 0.2) is 0 Å². The molecule has 0 spiro atoms. The van der Waals surface area contributed by atoms with E-state index >= 15 is 0 Å². The molecule has 4 nitrogen and oxygen atoms in total. The van der Waals surface area contributed by atoms with E-state index in [1.165, 1.54) is 136 Å². The maximum atomic E-state index is 2.68. The molecule has 354 valence electrons. The highest BCUT2D eigenvalue weighted by Gasteiger charge is 2.50. The van der Waals surface area contributed by atoms with Crippen LogP contribution in [0.3, 0.4) is 0 Å². The van der Waals surface area contributed by atoms with Crippen LogP contribution in [0.2, 0.25) is 0 Å². The number of hydrogen-bond acceptors (Lipinski definition) is 6. The zero-order valence-electron chi connectivity index (χ0n) is 42.7. The summed E-state index contributed by atoms with van der Waals surface area (Å²) in [5, 5.41) is 2.59. The van der Waals surface area contributed by atoms with Crippen LogP contribution in [0.5, 0.6) is 0 Å². The molecule has 0 bridgehead atoms. The predicted molar refractivity (Wildman–Crippen MR) is 323 cm³/mol. The molecule has 9 aromatic carbocycles. The van der Waals surface area contributed by atoms with Crippen molar-refractivity contribution in [3.05, 3.63) is 216 Å². The van der Waals surface area contributed by atoms with Gasteiger partial charge in [-0.1, -0.05) is 129 Å². The van der Waals surface area contributed by atoms with Gasteiger partial charge in [-0.15, -0.1) is 22.7 Å². The summed E-state index contributed by atoms with van der Waals surface area (Å²) in [4.78, 5) is 10.4. The van der Waals surface area contributed by atoms with Gasteiger partial charge in [0.2, 0.25) is 0 Å². The number of nitrogens with zero attached hydrogens (tertiary/aromatic N) is 4. The van der Waals surface area contributed by atoms with Gasteiger partial charge in [-0.2, -0.15) is 0 Å². The number of fused-ring (bicyclic) bond motifs is 12. The number of anilines is 12. The van der Waals surface area contributed by atoms with Crippen LogP contribution in [-0.2, 0) is 5.41 Å². The van der Waals surface area contributed by atoms with Crippen LogP contribution in [0.4, 0.5) is 68.2 Å². The van der Waals surface area contributed by atoms with E-state index in [9.17, 15) is 0 Å². The summed E-state index contributed by atoms with van der Waals surface area (Å²) >= 11 is 3.94. The predicted octanol–water partition coefficient (Wildman–Crippen LogP) is 14.8. The Labute approximate surface area is 442 Å². The van der Waals surface area contributed by atoms with Gasteiger partial charge in [-0.3, -0.25) is 0 Å². The molecule has 15 rings (SSSR count). The standard InChI is InChI=1S/C66H52B2N4S2/c1-39-21-27-46(28-22-39)71-56-35-41(3)33-54-60(56)67(64-62(71)48-17-11-13-19-58(48)73-64)50-37-51-53(38-52(50)69(54)44-15-9-8-10-16-44)70(45-31-25-43(26-32-45)66(5,6)7)55-34-42(4)36-57-61(55)68(51)65-63(49-18-12-14-20-59(49)74-65)72(57)47-29-23-40(2)24-30-47/h8-38H,1-7H3. The summed E-state index contributed by atoms with van der Waals surface area (Å²) in [6.45, 7) is 15.8. The van der Waals surface area contributed by atoms with Crippen molar-refractivity contribution < 1.29 is 0 Å². The molecule has 0 amide bonds. The number of rotatable bonds is 4. The Kier molecular flexibility index (Phi) is 9.39. The number of aryl methyl sites for hydroxylation is 4. The van der Waals surface area contributed by atoms with Crippen molar-refractivity contribution in [1.82, 2.24) is 0 Å². The van der Waals surface area contributed by atoms with Gasteiger partial charge in [0, 0.05) is 86.6 Å². The zero-order valence-corrected chi connectivity index (χ0v) is 44.3. The lowest BCUT2D eigenvalue weighted by Crippen LogP contribution is -2.64. The van der Waals surface area contributed by atoms with Gasteiger partial charge in [0.05, 0.1) is 11.4 Å². The summed E-state index contributed by atoms with van der Waals surface area (Å²) in [6.07, 6.45) is 0. The first-order valence-electron chi connectivity index (χ1n) is 26.0. The fraction of sp³-hybridized carbons (Fsp3) is 0.121. The molecule has 0 fully saturated rings. The third-order valence-corrected chi connectivity index (χ3v) is 18.6. The van der Waals surface area contributed by atoms with Crippen molar-refractivity contribution in [3.8, 4) is 0 Å². The van der Waals surface area contributed by atoms with Gasteiger partial charge < -0.3 is 19.6 Å². The van der Waals surface area contributed by atoms with Gasteiger partial charge in [0.1, 0.15) is 0 Å². The normalized spacial score (nSPS) is 14.0. The van der Waals surface area contributed by atoms with Crippen LogP contribution in [0.25, 0.3) is 20.2 Å². The van der Waals surface area contributed by atoms with E-state index < -0.39 is 0 Å². The number of para-hydroxylation sites is 1. The van der Waals surface area contributed by atoms with Crippen molar-refractivity contribution in [1.29, 1.82) is 0 Å². The fourth-order valence-electron chi connectivity index (χ4n) is 12.8. The van der Waals surface area contributed by atoms with Crippen molar-refractivity contribution in [2.45, 2.75) is 53.9 Å². The monoisotopic (exact) mass is 986 g/mol. The van der Waals surface area contributed by atoms with Crippen molar-refractivity contribution in [2.75, 3.05) is 19.6 Å². The molecule has 0 saturated heterocycles. The van der Waals surface area contributed by atoms with E-state index in [1.54, 1.807) is 0 Å². The topological polar surface area (TPSA) is 13.0 Å². The highest BCUT2D eigenvalue weighted by atomic mass is 32.1. The Morgan fingerprint density at radius 2 is 0.730 bits per heavy atom. The minimum Gasteiger partial charge on any atom is -0.311 e. The molecule has 0 aliphatic carbocycles. The van der Waals surface area contributed by atoms with Crippen LogP contribution in [0.15, 0.2) is 188 Å². The van der Waals surface area contributed by atoms with Crippen LogP contribution in [0.1, 0.15) is 48.6 Å². The summed E-state index contributed by atoms with van der Waals surface area (Å²) in [5.74, 6) is 0. The summed E-state index contributed by atoms with van der Waals surface area (Å²) in [6, 6.07) is 72.1. The molecule has 0 N–H and O–H groups in total. The van der Waals surface area contributed by atoms with Crippen LogP contribution < -0.4 is 51.0 Å². The van der Waals surface area contributed by atoms with E-state index in [0.29, 0.717) is 0 Å². The van der Waals surface area contributed by atoms with Crippen LogP contribution >= 0.6 is 22.7 Å². The smallest absolute Gasteiger partial charge is 0.264 e. The number of benzene rings is 9. The lowest BCUT2D eigenvalue weighted by atomic mass is 9.32. The minimum atomic E-state index is -0.0290.